The molecule has 5 heteroatoms. The van der Waals surface area contributed by atoms with Gasteiger partial charge in [0, 0.05) is 31.9 Å². The van der Waals surface area contributed by atoms with Crippen LogP contribution in [0.25, 0.3) is 0 Å². The monoisotopic (exact) mass is 279 g/mol. The van der Waals surface area contributed by atoms with Crippen LogP contribution in [0.4, 0.5) is 0 Å². The molecule has 1 amide bonds. The van der Waals surface area contributed by atoms with Gasteiger partial charge < -0.3 is 4.90 Å². The Kier molecular flexibility index (Phi) is 3.71. The van der Waals surface area contributed by atoms with E-state index in [0.29, 0.717) is 16.8 Å². The van der Waals surface area contributed by atoms with Crippen molar-refractivity contribution in [2.45, 2.75) is 25.3 Å². The zero-order valence-electron chi connectivity index (χ0n) is 10.9. The second-order valence-corrected chi connectivity index (χ2v) is 5.64. The summed E-state index contributed by atoms with van der Waals surface area (Å²) in [5.41, 5.74) is 0.524. The third-order valence-electron chi connectivity index (χ3n) is 4.08. The first-order valence-electron chi connectivity index (χ1n) is 6.89. The molecule has 3 rings (SSSR count). The van der Waals surface area contributed by atoms with Crippen LogP contribution in [0.3, 0.4) is 0 Å². The van der Waals surface area contributed by atoms with Crippen molar-refractivity contribution in [2.24, 2.45) is 0 Å². The zero-order valence-corrected chi connectivity index (χ0v) is 11.6. The van der Waals surface area contributed by atoms with Gasteiger partial charge in [-0.3, -0.25) is 9.69 Å². The summed E-state index contributed by atoms with van der Waals surface area (Å²) < 4.78 is 0. The maximum Gasteiger partial charge on any atom is 0.257 e. The highest BCUT2D eigenvalue weighted by molar-refractivity contribution is 6.32. The molecule has 0 aromatic carbocycles. The Labute approximate surface area is 118 Å². The highest BCUT2D eigenvalue weighted by atomic mass is 35.5. The molecule has 0 saturated carbocycles. The SMILES string of the molecule is O=C(c1cccnc1Cl)N1CCCN2CCCC2C1. The summed E-state index contributed by atoms with van der Waals surface area (Å²) in [6.07, 6.45) is 5.10. The van der Waals surface area contributed by atoms with Gasteiger partial charge in [0.15, 0.2) is 0 Å². The van der Waals surface area contributed by atoms with Gasteiger partial charge >= 0.3 is 0 Å². The molecule has 2 aliphatic rings. The van der Waals surface area contributed by atoms with Crippen LogP contribution in [0.15, 0.2) is 18.3 Å². The lowest BCUT2D eigenvalue weighted by molar-refractivity contribution is 0.0743. The Balaban J connectivity index is 1.78. The number of carbonyl (C=O) groups is 1. The molecule has 3 heterocycles. The summed E-state index contributed by atoms with van der Waals surface area (Å²) in [4.78, 5) is 21.0. The topological polar surface area (TPSA) is 36.4 Å². The van der Waals surface area contributed by atoms with E-state index in [1.54, 1.807) is 18.3 Å². The van der Waals surface area contributed by atoms with Crippen LogP contribution in [-0.2, 0) is 0 Å². The lowest BCUT2D eigenvalue weighted by Gasteiger charge is -2.25. The van der Waals surface area contributed by atoms with Crippen molar-refractivity contribution in [2.75, 3.05) is 26.2 Å². The van der Waals surface area contributed by atoms with Crippen LogP contribution >= 0.6 is 11.6 Å². The fourth-order valence-corrected chi connectivity index (χ4v) is 3.31. The van der Waals surface area contributed by atoms with Gasteiger partial charge in [-0.15, -0.1) is 0 Å². The Hall–Kier alpha value is -1.13. The number of halogens is 1. The van der Waals surface area contributed by atoms with E-state index >= 15 is 0 Å². The Morgan fingerprint density at radius 3 is 3.00 bits per heavy atom. The van der Waals surface area contributed by atoms with E-state index in [2.05, 4.69) is 9.88 Å². The van der Waals surface area contributed by atoms with E-state index in [1.807, 2.05) is 4.90 Å². The first kappa shape index (κ1) is 12.9. The summed E-state index contributed by atoms with van der Waals surface area (Å²) in [6.45, 7) is 3.93. The Morgan fingerprint density at radius 1 is 1.32 bits per heavy atom. The molecular formula is C14H18ClN3O. The van der Waals surface area contributed by atoms with Gasteiger partial charge in [0.1, 0.15) is 5.15 Å². The number of rotatable bonds is 1. The largest absolute Gasteiger partial charge is 0.337 e. The van der Waals surface area contributed by atoms with Crippen molar-refractivity contribution >= 4 is 17.5 Å². The second kappa shape index (κ2) is 5.47. The normalized spacial score (nSPS) is 24.1. The maximum atomic E-state index is 12.5. The molecule has 102 valence electrons. The van der Waals surface area contributed by atoms with Crippen LogP contribution in [0.5, 0.6) is 0 Å². The van der Waals surface area contributed by atoms with E-state index in [9.17, 15) is 4.79 Å². The predicted molar refractivity (Wildman–Crippen MR) is 74.4 cm³/mol. The van der Waals surface area contributed by atoms with Gasteiger partial charge in [-0.2, -0.15) is 0 Å². The average molecular weight is 280 g/mol. The van der Waals surface area contributed by atoms with E-state index < -0.39 is 0 Å². The smallest absolute Gasteiger partial charge is 0.257 e. The van der Waals surface area contributed by atoms with Gasteiger partial charge in [0.05, 0.1) is 5.56 Å². The number of nitrogens with zero attached hydrogens (tertiary/aromatic N) is 3. The van der Waals surface area contributed by atoms with Crippen molar-refractivity contribution in [1.29, 1.82) is 0 Å². The Morgan fingerprint density at radius 2 is 2.16 bits per heavy atom. The van der Waals surface area contributed by atoms with Gasteiger partial charge in [0.2, 0.25) is 0 Å². The van der Waals surface area contributed by atoms with Crippen LogP contribution in [0, 0.1) is 0 Å². The molecule has 2 saturated heterocycles. The third kappa shape index (κ3) is 2.60. The number of pyridine rings is 1. The molecule has 0 aliphatic carbocycles. The molecule has 4 nitrogen and oxygen atoms in total. The van der Waals surface area contributed by atoms with Gasteiger partial charge in [-0.05, 0) is 37.9 Å². The standard InChI is InChI=1S/C14H18ClN3O/c15-13-12(5-1-6-16-13)14(19)18-9-3-8-17-7-2-4-11(17)10-18/h1,5-6,11H,2-4,7-10H2. The minimum atomic E-state index is 0.0202. The highest BCUT2D eigenvalue weighted by Crippen LogP contribution is 2.23. The van der Waals surface area contributed by atoms with Gasteiger partial charge in [-0.1, -0.05) is 11.6 Å². The van der Waals surface area contributed by atoms with E-state index in [-0.39, 0.29) is 5.91 Å². The average Bonchev–Trinajstić information content (AvgIpc) is 2.76. The molecule has 0 spiro atoms. The number of aromatic nitrogens is 1. The van der Waals surface area contributed by atoms with Crippen LogP contribution in [0.1, 0.15) is 29.6 Å². The fourth-order valence-electron chi connectivity index (χ4n) is 3.11. The second-order valence-electron chi connectivity index (χ2n) is 5.28. The first-order chi connectivity index (χ1) is 9.25. The lowest BCUT2D eigenvalue weighted by atomic mass is 10.2. The predicted octanol–water partition coefficient (Wildman–Crippen LogP) is 2.05. The number of hydrogen-bond acceptors (Lipinski definition) is 3. The number of fused-ring (bicyclic) bond motifs is 1. The molecule has 2 aliphatic heterocycles. The van der Waals surface area contributed by atoms with Crippen molar-refractivity contribution in [3.63, 3.8) is 0 Å². The minimum Gasteiger partial charge on any atom is -0.337 e. The number of carbonyl (C=O) groups excluding carboxylic acids is 1. The zero-order chi connectivity index (χ0) is 13.2. The summed E-state index contributed by atoms with van der Waals surface area (Å²) in [5.74, 6) is 0.0202. The maximum absolute atomic E-state index is 12.5. The molecule has 2 fully saturated rings. The molecule has 1 atom stereocenters. The van der Waals surface area contributed by atoms with Gasteiger partial charge in [-0.25, -0.2) is 4.98 Å². The molecule has 0 N–H and O–H groups in total. The molecule has 1 aromatic rings. The van der Waals surface area contributed by atoms with Gasteiger partial charge in [0.25, 0.3) is 5.91 Å². The molecule has 0 radical (unpaired) electrons. The molecule has 1 aromatic heterocycles. The number of amides is 1. The van der Waals surface area contributed by atoms with Crippen molar-refractivity contribution in [3.8, 4) is 0 Å². The molecule has 0 bridgehead atoms. The van der Waals surface area contributed by atoms with Crippen LogP contribution in [-0.4, -0.2) is 52.9 Å². The van der Waals surface area contributed by atoms with E-state index in [1.165, 1.54) is 19.4 Å². The van der Waals surface area contributed by atoms with E-state index in [4.69, 9.17) is 11.6 Å². The number of hydrogen-bond donors (Lipinski definition) is 0. The first-order valence-corrected chi connectivity index (χ1v) is 7.27. The molecule has 19 heavy (non-hydrogen) atoms. The fraction of sp³-hybridized carbons (Fsp3) is 0.571. The quantitative estimate of drug-likeness (QED) is 0.738. The van der Waals surface area contributed by atoms with Crippen LogP contribution in [0.2, 0.25) is 5.15 Å². The lowest BCUT2D eigenvalue weighted by Crippen LogP contribution is -2.39. The molecule has 1 unspecified atom stereocenters. The van der Waals surface area contributed by atoms with E-state index in [0.717, 1.165) is 26.1 Å². The van der Waals surface area contributed by atoms with Crippen molar-refractivity contribution in [3.05, 3.63) is 29.0 Å². The summed E-state index contributed by atoms with van der Waals surface area (Å²) >= 11 is 6.02. The Bertz CT molecular complexity index is 480. The summed E-state index contributed by atoms with van der Waals surface area (Å²) in [6, 6.07) is 4.05. The third-order valence-corrected chi connectivity index (χ3v) is 4.38. The molecular weight excluding hydrogens is 262 g/mol. The van der Waals surface area contributed by atoms with Crippen LogP contribution < -0.4 is 0 Å². The van der Waals surface area contributed by atoms with Crippen molar-refractivity contribution in [1.82, 2.24) is 14.8 Å². The summed E-state index contributed by atoms with van der Waals surface area (Å²) in [7, 11) is 0. The van der Waals surface area contributed by atoms with Crippen molar-refractivity contribution < 1.29 is 4.79 Å². The highest BCUT2D eigenvalue weighted by Gasteiger charge is 2.31. The minimum absolute atomic E-state index is 0.0202. The summed E-state index contributed by atoms with van der Waals surface area (Å²) in [5, 5.41) is 0.306.